The van der Waals surface area contributed by atoms with Gasteiger partial charge in [0.1, 0.15) is 6.04 Å². The summed E-state index contributed by atoms with van der Waals surface area (Å²) in [5.41, 5.74) is 6.10. The van der Waals surface area contributed by atoms with E-state index in [0.717, 1.165) is 0 Å². The summed E-state index contributed by atoms with van der Waals surface area (Å²) in [6, 6.07) is 13.1. The van der Waals surface area contributed by atoms with Gasteiger partial charge < -0.3 is 5.43 Å². The van der Waals surface area contributed by atoms with Crippen molar-refractivity contribution in [3.63, 3.8) is 0 Å². The third-order valence-electron chi connectivity index (χ3n) is 3.18. The molecule has 4 heteroatoms. The van der Waals surface area contributed by atoms with Crippen molar-refractivity contribution in [3.8, 4) is 0 Å². The Morgan fingerprint density at radius 1 is 0.895 bits per heavy atom. The summed E-state index contributed by atoms with van der Waals surface area (Å²) < 4.78 is 2.17. The highest BCUT2D eigenvalue weighted by Gasteiger charge is 2.17. The second-order valence-electron chi connectivity index (χ2n) is 4.54. The quantitative estimate of drug-likeness (QED) is 0.744. The molecule has 19 heavy (non-hydrogen) atoms. The predicted molar refractivity (Wildman–Crippen MR) is 83.7 cm³/mol. The lowest BCUT2D eigenvalue weighted by atomic mass is 10.2. The minimum absolute atomic E-state index is 0.227. The van der Waals surface area contributed by atoms with E-state index in [0.29, 0.717) is 0 Å². The zero-order valence-corrected chi connectivity index (χ0v) is 12.6. The highest BCUT2D eigenvalue weighted by Crippen LogP contribution is 2.30. The van der Waals surface area contributed by atoms with E-state index in [4.69, 9.17) is 0 Å². The predicted octanol–water partition coefficient (Wildman–Crippen LogP) is 4.56. The van der Waals surface area contributed by atoms with E-state index in [9.17, 15) is 0 Å². The summed E-state index contributed by atoms with van der Waals surface area (Å²) in [6.07, 6.45) is 0. The standard InChI is InChI=1S/C15H16N2S2/c1-11-7-8-12(2)17(11)16-15(13-5-3-9-18-13)14-6-4-10-19-14/h3-10,15-16H,1-2H3. The molecule has 1 N–H and O–H groups in total. The lowest BCUT2D eigenvalue weighted by Gasteiger charge is -2.21. The molecule has 0 aliphatic carbocycles. The van der Waals surface area contributed by atoms with Gasteiger partial charge >= 0.3 is 0 Å². The van der Waals surface area contributed by atoms with E-state index in [-0.39, 0.29) is 6.04 Å². The van der Waals surface area contributed by atoms with Crippen LogP contribution in [0.5, 0.6) is 0 Å². The molecular weight excluding hydrogens is 272 g/mol. The van der Waals surface area contributed by atoms with Crippen molar-refractivity contribution in [2.75, 3.05) is 5.43 Å². The first-order valence-electron chi connectivity index (χ1n) is 6.24. The van der Waals surface area contributed by atoms with E-state index >= 15 is 0 Å². The Balaban J connectivity index is 1.97. The second-order valence-corrected chi connectivity index (χ2v) is 6.50. The van der Waals surface area contributed by atoms with Crippen molar-refractivity contribution in [3.05, 3.63) is 68.3 Å². The maximum Gasteiger partial charge on any atom is 0.111 e. The largest absolute Gasteiger partial charge is 0.312 e. The van der Waals surface area contributed by atoms with Crippen LogP contribution in [-0.2, 0) is 0 Å². The summed E-state index contributed by atoms with van der Waals surface area (Å²) in [5.74, 6) is 0. The van der Waals surface area contributed by atoms with Gasteiger partial charge in [-0.25, -0.2) is 0 Å². The fourth-order valence-electron chi connectivity index (χ4n) is 2.18. The van der Waals surface area contributed by atoms with Crippen LogP contribution in [0.1, 0.15) is 27.2 Å². The average molecular weight is 288 g/mol. The van der Waals surface area contributed by atoms with Gasteiger partial charge in [0.25, 0.3) is 0 Å². The van der Waals surface area contributed by atoms with Gasteiger partial charge in [-0.2, -0.15) is 0 Å². The van der Waals surface area contributed by atoms with Gasteiger partial charge in [0.05, 0.1) is 0 Å². The normalized spacial score (nSPS) is 11.1. The Bertz CT molecular complexity index is 582. The van der Waals surface area contributed by atoms with Crippen LogP contribution >= 0.6 is 22.7 Å². The fourth-order valence-corrected chi connectivity index (χ4v) is 3.83. The van der Waals surface area contributed by atoms with Crippen LogP contribution in [-0.4, -0.2) is 4.68 Å². The van der Waals surface area contributed by atoms with E-state index in [1.54, 1.807) is 22.7 Å². The van der Waals surface area contributed by atoms with Crippen LogP contribution in [0, 0.1) is 13.8 Å². The number of aryl methyl sites for hydroxylation is 2. The lowest BCUT2D eigenvalue weighted by molar-refractivity contribution is 0.741. The molecule has 0 aromatic carbocycles. The molecule has 0 aliphatic rings. The molecule has 3 aromatic heterocycles. The smallest absolute Gasteiger partial charge is 0.111 e. The number of nitrogens with one attached hydrogen (secondary N) is 1. The van der Waals surface area contributed by atoms with Crippen molar-refractivity contribution in [1.29, 1.82) is 0 Å². The molecule has 0 aliphatic heterocycles. The van der Waals surface area contributed by atoms with Crippen molar-refractivity contribution in [1.82, 2.24) is 4.68 Å². The number of nitrogens with zero attached hydrogens (tertiary/aromatic N) is 1. The summed E-state index contributed by atoms with van der Waals surface area (Å²) in [6.45, 7) is 4.25. The minimum atomic E-state index is 0.227. The van der Waals surface area contributed by atoms with Gasteiger partial charge in [0.15, 0.2) is 0 Å². The number of thiophene rings is 2. The molecule has 3 aromatic rings. The molecule has 0 fully saturated rings. The number of rotatable bonds is 4. The number of hydrogen-bond donors (Lipinski definition) is 1. The first kappa shape index (κ1) is 12.5. The number of aromatic nitrogens is 1. The van der Waals surface area contributed by atoms with E-state index in [2.05, 4.69) is 71.1 Å². The van der Waals surface area contributed by atoms with E-state index in [1.165, 1.54) is 21.1 Å². The molecular formula is C15H16N2S2. The first-order valence-corrected chi connectivity index (χ1v) is 8.00. The Morgan fingerprint density at radius 2 is 1.42 bits per heavy atom. The van der Waals surface area contributed by atoms with Crippen molar-refractivity contribution in [2.45, 2.75) is 19.9 Å². The van der Waals surface area contributed by atoms with E-state index < -0.39 is 0 Å². The summed E-state index contributed by atoms with van der Waals surface area (Å²) in [4.78, 5) is 2.69. The van der Waals surface area contributed by atoms with Crippen LogP contribution in [0.2, 0.25) is 0 Å². The molecule has 3 heterocycles. The first-order chi connectivity index (χ1) is 9.25. The van der Waals surface area contributed by atoms with Gasteiger partial charge in [-0.1, -0.05) is 12.1 Å². The Hall–Kier alpha value is -1.52. The third kappa shape index (κ3) is 2.46. The highest BCUT2D eigenvalue weighted by molar-refractivity contribution is 7.11. The van der Waals surface area contributed by atoms with Crippen LogP contribution < -0.4 is 5.43 Å². The molecule has 0 bridgehead atoms. The topological polar surface area (TPSA) is 17.0 Å². The molecule has 98 valence electrons. The van der Waals surface area contributed by atoms with E-state index in [1.807, 2.05) is 0 Å². The molecule has 0 radical (unpaired) electrons. The van der Waals surface area contributed by atoms with Crippen LogP contribution in [0.25, 0.3) is 0 Å². The monoisotopic (exact) mass is 288 g/mol. The Morgan fingerprint density at radius 3 is 1.84 bits per heavy atom. The van der Waals surface area contributed by atoms with Gasteiger partial charge in [-0.05, 0) is 48.9 Å². The molecule has 0 atom stereocenters. The summed E-state index contributed by atoms with van der Waals surface area (Å²) in [7, 11) is 0. The lowest BCUT2D eigenvalue weighted by Crippen LogP contribution is -2.22. The summed E-state index contributed by atoms with van der Waals surface area (Å²) >= 11 is 3.59. The molecule has 0 saturated carbocycles. The average Bonchev–Trinajstić information content (AvgIpc) is 3.12. The second kappa shape index (κ2) is 5.23. The van der Waals surface area contributed by atoms with Crippen molar-refractivity contribution >= 4 is 22.7 Å². The van der Waals surface area contributed by atoms with Crippen molar-refractivity contribution < 1.29 is 0 Å². The molecule has 0 saturated heterocycles. The maximum absolute atomic E-state index is 3.64. The Kier molecular flexibility index (Phi) is 3.44. The van der Waals surface area contributed by atoms with Gasteiger partial charge in [-0.15, -0.1) is 22.7 Å². The van der Waals surface area contributed by atoms with Gasteiger partial charge in [-0.3, -0.25) is 4.68 Å². The zero-order valence-electron chi connectivity index (χ0n) is 11.0. The maximum atomic E-state index is 3.64. The van der Waals surface area contributed by atoms with Gasteiger partial charge in [0.2, 0.25) is 0 Å². The summed E-state index contributed by atoms with van der Waals surface area (Å²) in [5, 5.41) is 4.26. The molecule has 2 nitrogen and oxygen atoms in total. The minimum Gasteiger partial charge on any atom is -0.312 e. The van der Waals surface area contributed by atoms with Gasteiger partial charge in [0, 0.05) is 21.1 Å². The zero-order chi connectivity index (χ0) is 13.2. The fraction of sp³-hybridized carbons (Fsp3) is 0.200. The number of hydrogen-bond acceptors (Lipinski definition) is 3. The van der Waals surface area contributed by atoms with Crippen molar-refractivity contribution in [2.24, 2.45) is 0 Å². The SMILES string of the molecule is Cc1ccc(C)n1NC(c1cccs1)c1cccs1. The van der Waals surface area contributed by atoms with Crippen LogP contribution in [0.4, 0.5) is 0 Å². The third-order valence-corrected chi connectivity index (χ3v) is 5.06. The van der Waals surface area contributed by atoms with Crippen LogP contribution in [0.3, 0.4) is 0 Å². The highest BCUT2D eigenvalue weighted by atomic mass is 32.1. The Labute approximate surface area is 121 Å². The van der Waals surface area contributed by atoms with Crippen LogP contribution in [0.15, 0.2) is 47.2 Å². The molecule has 0 spiro atoms. The molecule has 3 rings (SSSR count). The molecule has 0 amide bonds. The molecule has 0 unspecified atom stereocenters.